The largest absolute Gasteiger partial charge is 0.496 e. The van der Waals surface area contributed by atoms with Crippen LogP contribution < -0.4 is 29.4 Å². The number of methoxy groups -OCH3 is 3. The molecule has 170 valence electrons. The molecule has 4 rings (SSSR count). The van der Waals surface area contributed by atoms with Crippen molar-refractivity contribution >= 4 is 0 Å². The van der Waals surface area contributed by atoms with Gasteiger partial charge >= 0.3 is 0 Å². The number of benzene rings is 2. The first kappa shape index (κ1) is 21.9. The van der Waals surface area contributed by atoms with Gasteiger partial charge in [0.05, 0.1) is 45.1 Å². The van der Waals surface area contributed by atoms with Gasteiger partial charge in [-0.2, -0.15) is 5.26 Å². The van der Waals surface area contributed by atoms with Gasteiger partial charge in [0.15, 0.2) is 11.5 Å². The Labute approximate surface area is 191 Å². The summed E-state index contributed by atoms with van der Waals surface area (Å²) in [6.45, 7) is 2.50. The number of nitrogens with two attached hydrogens (primary N) is 1. The number of nitriles is 1. The zero-order valence-electron chi connectivity index (χ0n) is 18.8. The van der Waals surface area contributed by atoms with Crippen LogP contribution in [0.1, 0.15) is 24.0 Å². The van der Waals surface area contributed by atoms with E-state index in [-0.39, 0.29) is 17.3 Å². The van der Waals surface area contributed by atoms with E-state index in [4.69, 9.17) is 29.4 Å². The van der Waals surface area contributed by atoms with E-state index in [1.807, 2.05) is 31.2 Å². The summed E-state index contributed by atoms with van der Waals surface area (Å²) in [5.74, 6) is 1.90. The lowest BCUT2D eigenvalue weighted by Crippen LogP contribution is -2.21. The smallest absolute Gasteiger partial charge is 0.244 e. The number of nitrogens with one attached hydrogen (secondary N) is 1. The number of rotatable bonds is 7. The number of H-pyrrole nitrogens is 1. The number of ether oxygens (including phenoxy) is 5. The van der Waals surface area contributed by atoms with Gasteiger partial charge in [0.1, 0.15) is 23.1 Å². The monoisotopic (exact) mass is 448 g/mol. The van der Waals surface area contributed by atoms with Crippen LogP contribution in [0.25, 0.3) is 11.3 Å². The van der Waals surface area contributed by atoms with Gasteiger partial charge in [-0.05, 0) is 37.3 Å². The lowest BCUT2D eigenvalue weighted by Gasteiger charge is -2.26. The van der Waals surface area contributed by atoms with Crippen molar-refractivity contribution in [3.8, 4) is 46.2 Å². The molecule has 1 aliphatic rings. The molecule has 0 unspecified atom stereocenters. The molecule has 1 aromatic heterocycles. The lowest BCUT2D eigenvalue weighted by molar-refractivity contribution is 0.340. The minimum atomic E-state index is -0.617. The maximum atomic E-state index is 9.99. The van der Waals surface area contributed by atoms with Crippen molar-refractivity contribution < 1.29 is 23.7 Å². The standard InChI is InChI=1S/C24H24N4O5/c1-5-32-14-8-6-13(7-9-14)22-21-20(16(12-25)23(26)33-24(21)28-27-22)15-10-18(30-3)19(31-4)11-17(15)29-2/h6-11,20H,5,26H2,1-4H3,(H,27,28)/t20-/m0/s1. The summed E-state index contributed by atoms with van der Waals surface area (Å²) in [6.07, 6.45) is 0. The zero-order valence-corrected chi connectivity index (χ0v) is 18.8. The van der Waals surface area contributed by atoms with Gasteiger partial charge in [0, 0.05) is 17.2 Å². The van der Waals surface area contributed by atoms with Crippen molar-refractivity contribution in [1.82, 2.24) is 10.2 Å². The van der Waals surface area contributed by atoms with Gasteiger partial charge < -0.3 is 29.4 Å². The minimum Gasteiger partial charge on any atom is -0.496 e. The van der Waals surface area contributed by atoms with Crippen LogP contribution in [0.5, 0.6) is 28.9 Å². The molecule has 0 saturated heterocycles. The van der Waals surface area contributed by atoms with Crippen LogP contribution in [0.15, 0.2) is 47.9 Å². The van der Waals surface area contributed by atoms with Crippen LogP contribution in [-0.2, 0) is 0 Å². The number of aromatic amines is 1. The first-order chi connectivity index (χ1) is 16.1. The third-order valence-corrected chi connectivity index (χ3v) is 5.44. The Bertz CT molecular complexity index is 1240. The number of nitrogens with zero attached hydrogens (tertiary/aromatic N) is 2. The SMILES string of the molecule is CCOc1ccc(-c2[nH]nc3c2[C@@H](c2cc(OC)c(OC)cc2OC)C(C#N)=C(N)O3)cc1. The van der Waals surface area contributed by atoms with Gasteiger partial charge in [0.2, 0.25) is 11.8 Å². The molecule has 3 N–H and O–H groups in total. The molecular weight excluding hydrogens is 424 g/mol. The van der Waals surface area contributed by atoms with Crippen molar-refractivity contribution in [2.45, 2.75) is 12.8 Å². The number of fused-ring (bicyclic) bond motifs is 1. The predicted molar refractivity (Wildman–Crippen MR) is 121 cm³/mol. The van der Waals surface area contributed by atoms with Gasteiger partial charge in [-0.1, -0.05) is 0 Å². The fourth-order valence-corrected chi connectivity index (χ4v) is 3.94. The van der Waals surface area contributed by atoms with Gasteiger partial charge in [0.25, 0.3) is 0 Å². The second-order valence-corrected chi connectivity index (χ2v) is 7.15. The highest BCUT2D eigenvalue weighted by Gasteiger charge is 2.37. The molecular formula is C24H24N4O5. The van der Waals surface area contributed by atoms with Crippen LogP contribution in [-0.4, -0.2) is 38.1 Å². The van der Waals surface area contributed by atoms with E-state index in [1.54, 1.807) is 33.5 Å². The van der Waals surface area contributed by atoms with Crippen molar-refractivity contribution in [1.29, 1.82) is 5.26 Å². The first-order valence-electron chi connectivity index (χ1n) is 10.2. The average Bonchev–Trinajstić information content (AvgIpc) is 3.26. The average molecular weight is 448 g/mol. The highest BCUT2D eigenvalue weighted by Crippen LogP contribution is 2.50. The Balaban J connectivity index is 1.94. The third kappa shape index (κ3) is 3.76. The summed E-state index contributed by atoms with van der Waals surface area (Å²) in [5, 5.41) is 17.3. The maximum Gasteiger partial charge on any atom is 0.244 e. The van der Waals surface area contributed by atoms with E-state index in [0.29, 0.717) is 40.7 Å². The van der Waals surface area contributed by atoms with Crippen LogP contribution in [0.3, 0.4) is 0 Å². The van der Waals surface area contributed by atoms with Crippen molar-refractivity contribution in [3.63, 3.8) is 0 Å². The molecule has 2 aromatic carbocycles. The molecule has 0 amide bonds. The molecule has 3 aromatic rings. The van der Waals surface area contributed by atoms with E-state index in [9.17, 15) is 5.26 Å². The maximum absolute atomic E-state index is 9.99. The second kappa shape index (κ2) is 9.04. The molecule has 1 atom stereocenters. The quantitative estimate of drug-likeness (QED) is 0.560. The van der Waals surface area contributed by atoms with E-state index in [1.165, 1.54) is 0 Å². The summed E-state index contributed by atoms with van der Waals surface area (Å²) in [7, 11) is 4.64. The summed E-state index contributed by atoms with van der Waals surface area (Å²) < 4.78 is 27.8. The van der Waals surface area contributed by atoms with Crippen molar-refractivity contribution in [2.75, 3.05) is 27.9 Å². The van der Waals surface area contributed by atoms with Gasteiger partial charge in [-0.15, -0.1) is 5.10 Å². The normalized spacial score (nSPS) is 14.7. The fraction of sp³-hybridized carbons (Fsp3) is 0.250. The minimum absolute atomic E-state index is 0.0171. The van der Waals surface area contributed by atoms with E-state index >= 15 is 0 Å². The van der Waals surface area contributed by atoms with Crippen LogP contribution in [0, 0.1) is 11.3 Å². The Morgan fingerprint density at radius 3 is 2.33 bits per heavy atom. The van der Waals surface area contributed by atoms with E-state index < -0.39 is 5.92 Å². The van der Waals surface area contributed by atoms with Crippen molar-refractivity contribution in [2.24, 2.45) is 5.73 Å². The molecule has 33 heavy (non-hydrogen) atoms. The molecule has 2 heterocycles. The van der Waals surface area contributed by atoms with Crippen LogP contribution >= 0.6 is 0 Å². The number of hydrogen-bond donors (Lipinski definition) is 2. The van der Waals surface area contributed by atoms with Crippen molar-refractivity contribution in [3.05, 3.63) is 59.0 Å². The Hall–Kier alpha value is -4.32. The summed E-state index contributed by atoms with van der Waals surface area (Å²) in [6, 6.07) is 13.3. The van der Waals surface area contributed by atoms with Crippen LogP contribution in [0.4, 0.5) is 0 Å². The Morgan fingerprint density at radius 2 is 1.73 bits per heavy atom. The molecule has 0 aliphatic carbocycles. The molecule has 9 nitrogen and oxygen atoms in total. The van der Waals surface area contributed by atoms with Gasteiger partial charge in [-0.3, -0.25) is 5.10 Å². The molecule has 0 spiro atoms. The van der Waals surface area contributed by atoms with E-state index in [2.05, 4.69) is 16.3 Å². The fourth-order valence-electron chi connectivity index (χ4n) is 3.94. The van der Waals surface area contributed by atoms with Gasteiger partial charge in [-0.25, -0.2) is 0 Å². The Morgan fingerprint density at radius 1 is 1.06 bits per heavy atom. The summed E-state index contributed by atoms with van der Waals surface area (Å²) >= 11 is 0. The molecule has 0 bridgehead atoms. The summed E-state index contributed by atoms with van der Waals surface area (Å²) in [5.41, 5.74) is 9.21. The highest BCUT2D eigenvalue weighted by atomic mass is 16.5. The number of hydrogen-bond acceptors (Lipinski definition) is 8. The molecule has 0 fully saturated rings. The Kier molecular flexibility index (Phi) is 6.00. The molecule has 9 heteroatoms. The summed E-state index contributed by atoms with van der Waals surface area (Å²) in [4.78, 5) is 0. The number of aromatic nitrogens is 2. The second-order valence-electron chi connectivity index (χ2n) is 7.15. The zero-order chi connectivity index (χ0) is 23.5. The van der Waals surface area contributed by atoms with Crippen LogP contribution in [0.2, 0.25) is 0 Å². The third-order valence-electron chi connectivity index (χ3n) is 5.44. The molecule has 0 saturated carbocycles. The highest BCUT2D eigenvalue weighted by molar-refractivity contribution is 5.72. The van der Waals surface area contributed by atoms with E-state index in [0.717, 1.165) is 11.3 Å². The first-order valence-corrected chi connectivity index (χ1v) is 10.2. The number of allylic oxidation sites excluding steroid dienone is 1. The predicted octanol–water partition coefficient (Wildman–Crippen LogP) is 3.72. The topological polar surface area (TPSA) is 125 Å². The molecule has 0 radical (unpaired) electrons. The lowest BCUT2D eigenvalue weighted by atomic mass is 9.82. The molecule has 1 aliphatic heterocycles.